The van der Waals surface area contributed by atoms with E-state index in [9.17, 15) is 9.18 Å². The summed E-state index contributed by atoms with van der Waals surface area (Å²) in [5.41, 5.74) is 1.10. The van der Waals surface area contributed by atoms with Crippen LogP contribution in [-0.4, -0.2) is 74.5 Å². The van der Waals surface area contributed by atoms with Gasteiger partial charge in [0.05, 0.1) is 0 Å². The number of hydrogen-bond donors (Lipinski definition) is 2. The van der Waals surface area contributed by atoms with Crippen molar-refractivity contribution in [3.05, 3.63) is 35.6 Å². The van der Waals surface area contributed by atoms with Gasteiger partial charge in [-0.15, -0.1) is 24.0 Å². The van der Waals surface area contributed by atoms with Gasteiger partial charge in [-0.2, -0.15) is 0 Å². The minimum Gasteiger partial charge on any atom is -0.356 e. The first kappa shape index (κ1) is 24.8. The maximum atomic E-state index is 12.9. The van der Waals surface area contributed by atoms with Crippen LogP contribution >= 0.6 is 24.0 Å². The Labute approximate surface area is 196 Å². The molecule has 1 aliphatic heterocycles. The molecule has 0 radical (unpaired) electrons. The average Bonchev–Trinajstić information content (AvgIpc) is 3.29. The largest absolute Gasteiger partial charge is 0.356 e. The van der Waals surface area contributed by atoms with Crippen LogP contribution in [0.3, 0.4) is 0 Å². The van der Waals surface area contributed by atoms with Gasteiger partial charge in [-0.1, -0.05) is 25.0 Å². The van der Waals surface area contributed by atoms with Crippen LogP contribution in [0.4, 0.5) is 4.39 Å². The molecule has 1 aliphatic carbocycles. The molecule has 1 amide bonds. The van der Waals surface area contributed by atoms with Crippen LogP contribution in [0.25, 0.3) is 0 Å². The molecule has 0 unspecified atom stereocenters. The summed E-state index contributed by atoms with van der Waals surface area (Å²) in [6.45, 7) is 6.07. The van der Waals surface area contributed by atoms with Gasteiger partial charge < -0.3 is 15.5 Å². The van der Waals surface area contributed by atoms with Crippen LogP contribution in [0.2, 0.25) is 0 Å². The summed E-state index contributed by atoms with van der Waals surface area (Å²) in [7, 11) is 1.76. The fourth-order valence-corrected chi connectivity index (χ4v) is 4.15. The molecule has 0 bridgehead atoms. The van der Waals surface area contributed by atoms with Crippen molar-refractivity contribution in [1.82, 2.24) is 20.4 Å². The normalized spacial score (nSPS) is 18.2. The van der Waals surface area contributed by atoms with Crippen molar-refractivity contribution < 1.29 is 9.18 Å². The van der Waals surface area contributed by atoms with E-state index >= 15 is 0 Å². The zero-order valence-corrected chi connectivity index (χ0v) is 20.2. The number of aliphatic imine (C=N–C) groups is 1. The van der Waals surface area contributed by atoms with Gasteiger partial charge in [0.25, 0.3) is 0 Å². The molecule has 1 saturated carbocycles. The van der Waals surface area contributed by atoms with Crippen molar-refractivity contribution >= 4 is 35.8 Å². The number of nitrogens with one attached hydrogen (secondary N) is 2. The lowest BCUT2D eigenvalue weighted by atomic mass is 10.1. The molecule has 8 heteroatoms. The number of rotatable bonds is 7. The Morgan fingerprint density at radius 1 is 1.07 bits per heavy atom. The zero-order valence-electron chi connectivity index (χ0n) is 17.9. The Morgan fingerprint density at radius 2 is 1.70 bits per heavy atom. The topological polar surface area (TPSA) is 60.0 Å². The highest BCUT2D eigenvalue weighted by atomic mass is 127. The third kappa shape index (κ3) is 7.68. The Kier molecular flexibility index (Phi) is 10.8. The quantitative estimate of drug-likeness (QED) is 0.323. The van der Waals surface area contributed by atoms with Crippen LogP contribution < -0.4 is 10.6 Å². The minimum atomic E-state index is -0.206. The molecule has 3 rings (SSSR count). The molecule has 0 spiro atoms. The first-order valence-corrected chi connectivity index (χ1v) is 10.9. The number of halogens is 2. The van der Waals surface area contributed by atoms with Gasteiger partial charge in [0, 0.05) is 58.8 Å². The van der Waals surface area contributed by atoms with Crippen molar-refractivity contribution in [2.45, 2.75) is 32.1 Å². The molecule has 1 saturated heterocycles. The zero-order chi connectivity index (χ0) is 20.5. The van der Waals surface area contributed by atoms with Crippen LogP contribution in [0.15, 0.2) is 29.3 Å². The number of nitrogens with zero attached hydrogens (tertiary/aromatic N) is 3. The van der Waals surface area contributed by atoms with E-state index in [1.54, 1.807) is 7.05 Å². The molecule has 2 fully saturated rings. The number of piperazine rings is 1. The lowest BCUT2D eigenvalue weighted by Crippen LogP contribution is -2.52. The fraction of sp³-hybridized carbons (Fsp3) is 0.636. The first-order chi connectivity index (χ1) is 14.2. The predicted octanol–water partition coefficient (Wildman–Crippen LogP) is 2.49. The van der Waals surface area contributed by atoms with Crippen molar-refractivity contribution in [2.75, 3.05) is 52.9 Å². The molecule has 30 heavy (non-hydrogen) atoms. The van der Waals surface area contributed by atoms with E-state index in [-0.39, 0.29) is 35.7 Å². The lowest BCUT2D eigenvalue weighted by Gasteiger charge is -2.36. The number of benzene rings is 1. The second-order valence-corrected chi connectivity index (χ2v) is 7.95. The molecule has 1 heterocycles. The second kappa shape index (κ2) is 13.1. The lowest BCUT2D eigenvalue weighted by molar-refractivity contribution is -0.137. The van der Waals surface area contributed by atoms with Gasteiger partial charge in [-0.05, 0) is 37.0 Å². The Hall–Kier alpha value is -1.42. The van der Waals surface area contributed by atoms with Gasteiger partial charge in [0.2, 0.25) is 5.91 Å². The summed E-state index contributed by atoms with van der Waals surface area (Å²) in [6, 6.07) is 6.60. The van der Waals surface area contributed by atoms with E-state index in [1.807, 2.05) is 12.1 Å². The number of hydrogen-bond acceptors (Lipinski definition) is 3. The fourth-order valence-electron chi connectivity index (χ4n) is 4.15. The molecule has 2 aliphatic rings. The Balaban J connectivity index is 0.00000320. The van der Waals surface area contributed by atoms with E-state index < -0.39 is 0 Å². The molecular weight excluding hydrogens is 496 g/mol. The predicted molar refractivity (Wildman–Crippen MR) is 130 cm³/mol. The number of amides is 1. The summed E-state index contributed by atoms with van der Waals surface area (Å²) in [6.07, 6.45) is 5.40. The molecule has 1 aromatic carbocycles. The standard InChI is InChI=1S/C22H34FN5O.HI/c1-24-22(25-11-10-18-6-8-20(23)9-7-18)26-12-13-27-14-16-28(17-15-27)21(29)19-4-2-3-5-19;/h6-9,19H,2-5,10-17H2,1H3,(H2,24,25,26);1H. The SMILES string of the molecule is CN=C(NCCc1ccc(F)cc1)NCCN1CCN(C(=O)C2CCCC2)CC1.I. The summed E-state index contributed by atoms with van der Waals surface area (Å²) in [5.74, 6) is 1.24. The van der Waals surface area contributed by atoms with Gasteiger partial charge >= 0.3 is 0 Å². The van der Waals surface area contributed by atoms with Crippen molar-refractivity contribution in [1.29, 1.82) is 0 Å². The van der Waals surface area contributed by atoms with Crippen molar-refractivity contribution in [3.8, 4) is 0 Å². The molecule has 0 aromatic heterocycles. The van der Waals surface area contributed by atoms with Gasteiger partial charge in [-0.3, -0.25) is 14.7 Å². The molecular formula is C22H35FIN5O. The Bertz CT molecular complexity index is 671. The molecule has 1 aromatic rings. The molecule has 168 valence electrons. The second-order valence-electron chi connectivity index (χ2n) is 7.95. The van der Waals surface area contributed by atoms with E-state index in [0.29, 0.717) is 5.91 Å². The highest BCUT2D eigenvalue weighted by Gasteiger charge is 2.29. The summed E-state index contributed by atoms with van der Waals surface area (Å²) in [4.78, 5) is 21.2. The summed E-state index contributed by atoms with van der Waals surface area (Å²) >= 11 is 0. The van der Waals surface area contributed by atoms with Crippen LogP contribution in [0.1, 0.15) is 31.2 Å². The van der Waals surface area contributed by atoms with Crippen LogP contribution in [0.5, 0.6) is 0 Å². The third-order valence-electron chi connectivity index (χ3n) is 5.95. The number of guanidine groups is 1. The maximum absolute atomic E-state index is 12.9. The first-order valence-electron chi connectivity index (χ1n) is 10.9. The minimum absolute atomic E-state index is 0. The molecule has 2 N–H and O–H groups in total. The van der Waals surface area contributed by atoms with E-state index in [2.05, 4.69) is 25.4 Å². The van der Waals surface area contributed by atoms with Gasteiger partial charge in [0.1, 0.15) is 5.82 Å². The van der Waals surface area contributed by atoms with Gasteiger partial charge in [-0.25, -0.2) is 4.39 Å². The summed E-state index contributed by atoms with van der Waals surface area (Å²) in [5, 5.41) is 6.64. The van der Waals surface area contributed by atoms with E-state index in [4.69, 9.17) is 0 Å². The number of carbonyl (C=O) groups is 1. The van der Waals surface area contributed by atoms with E-state index in [0.717, 1.165) is 76.6 Å². The van der Waals surface area contributed by atoms with E-state index in [1.165, 1.54) is 25.0 Å². The monoisotopic (exact) mass is 531 g/mol. The Morgan fingerprint density at radius 3 is 2.33 bits per heavy atom. The highest BCUT2D eigenvalue weighted by Crippen LogP contribution is 2.26. The third-order valence-corrected chi connectivity index (χ3v) is 5.95. The van der Waals surface area contributed by atoms with Crippen molar-refractivity contribution in [3.63, 3.8) is 0 Å². The molecule has 6 nitrogen and oxygen atoms in total. The number of carbonyl (C=O) groups excluding carboxylic acids is 1. The van der Waals surface area contributed by atoms with Crippen molar-refractivity contribution in [2.24, 2.45) is 10.9 Å². The summed E-state index contributed by atoms with van der Waals surface area (Å²) < 4.78 is 12.9. The van der Waals surface area contributed by atoms with Crippen LogP contribution in [0, 0.1) is 11.7 Å². The van der Waals surface area contributed by atoms with Gasteiger partial charge in [0.15, 0.2) is 5.96 Å². The molecule has 0 atom stereocenters. The van der Waals surface area contributed by atoms with Crippen LogP contribution in [-0.2, 0) is 11.2 Å². The smallest absolute Gasteiger partial charge is 0.225 e. The maximum Gasteiger partial charge on any atom is 0.225 e. The highest BCUT2D eigenvalue weighted by molar-refractivity contribution is 14.0. The average molecular weight is 531 g/mol.